The molecule has 3 aromatic heterocycles. The van der Waals surface area contributed by atoms with E-state index in [-0.39, 0.29) is 23.8 Å². The molecule has 136 valence electrons. The van der Waals surface area contributed by atoms with Crippen LogP contribution < -0.4 is 10.9 Å². The van der Waals surface area contributed by atoms with Gasteiger partial charge in [0.25, 0.3) is 5.56 Å². The van der Waals surface area contributed by atoms with Gasteiger partial charge in [-0.05, 0) is 30.2 Å². The Morgan fingerprint density at radius 3 is 2.78 bits per heavy atom. The topological polar surface area (TPSA) is 102 Å². The first-order valence-electron chi connectivity index (χ1n) is 8.48. The number of pyridine rings is 1. The second-order valence-electron chi connectivity index (χ2n) is 6.17. The van der Waals surface area contributed by atoms with Crippen molar-refractivity contribution in [2.45, 2.75) is 13.0 Å². The number of hydrogen-bond donors (Lipinski definition) is 2. The fraction of sp³-hybridized carbons (Fsp3) is 0.158. The van der Waals surface area contributed by atoms with Crippen molar-refractivity contribution in [3.63, 3.8) is 0 Å². The van der Waals surface area contributed by atoms with Gasteiger partial charge in [0, 0.05) is 25.0 Å². The van der Waals surface area contributed by atoms with E-state index in [9.17, 15) is 14.7 Å². The normalized spacial score (nSPS) is 11.1. The van der Waals surface area contributed by atoms with E-state index in [1.165, 1.54) is 10.8 Å². The molecule has 2 N–H and O–H groups in total. The van der Waals surface area contributed by atoms with Gasteiger partial charge >= 0.3 is 0 Å². The monoisotopic (exact) mass is 363 g/mol. The number of amides is 1. The smallest absolute Gasteiger partial charge is 0.262 e. The summed E-state index contributed by atoms with van der Waals surface area (Å²) in [4.78, 5) is 29.0. The highest BCUT2D eigenvalue weighted by Gasteiger charge is 2.10. The molecule has 0 aliphatic rings. The van der Waals surface area contributed by atoms with Gasteiger partial charge in [0.1, 0.15) is 12.3 Å². The van der Waals surface area contributed by atoms with E-state index in [0.29, 0.717) is 29.5 Å². The minimum absolute atomic E-state index is 0.0680. The quantitative estimate of drug-likeness (QED) is 0.553. The molecule has 4 rings (SSSR count). The number of benzene rings is 1. The highest BCUT2D eigenvalue weighted by atomic mass is 16.3. The second-order valence-corrected chi connectivity index (χ2v) is 6.17. The van der Waals surface area contributed by atoms with Crippen molar-refractivity contribution < 1.29 is 9.90 Å². The molecule has 0 atom stereocenters. The van der Waals surface area contributed by atoms with E-state index in [0.717, 1.165) is 5.56 Å². The van der Waals surface area contributed by atoms with Crippen LogP contribution in [-0.4, -0.2) is 36.7 Å². The number of rotatable bonds is 5. The van der Waals surface area contributed by atoms with E-state index >= 15 is 0 Å². The van der Waals surface area contributed by atoms with E-state index < -0.39 is 0 Å². The van der Waals surface area contributed by atoms with Crippen LogP contribution in [0.1, 0.15) is 5.56 Å². The third kappa shape index (κ3) is 3.37. The second kappa shape index (κ2) is 6.91. The fourth-order valence-corrected chi connectivity index (χ4v) is 2.94. The summed E-state index contributed by atoms with van der Waals surface area (Å²) in [6.45, 7) is 0.378. The molecule has 0 fully saturated rings. The number of carbonyl (C=O) groups is 1. The Kier molecular flexibility index (Phi) is 4.29. The van der Waals surface area contributed by atoms with E-state index in [4.69, 9.17) is 0 Å². The van der Waals surface area contributed by atoms with Gasteiger partial charge in [0.15, 0.2) is 5.65 Å². The van der Waals surface area contributed by atoms with Gasteiger partial charge in [-0.1, -0.05) is 12.1 Å². The number of fused-ring (bicyclic) bond motifs is 3. The summed E-state index contributed by atoms with van der Waals surface area (Å²) < 4.78 is 2.95. The van der Waals surface area contributed by atoms with Crippen LogP contribution in [0.25, 0.3) is 16.6 Å². The molecule has 0 aliphatic carbocycles. The van der Waals surface area contributed by atoms with Crippen molar-refractivity contribution in [2.75, 3.05) is 6.54 Å². The van der Waals surface area contributed by atoms with Crippen molar-refractivity contribution in [2.24, 2.45) is 0 Å². The maximum absolute atomic E-state index is 12.6. The number of nitrogens with one attached hydrogen (secondary N) is 1. The largest absolute Gasteiger partial charge is 0.508 e. The highest BCUT2D eigenvalue weighted by molar-refractivity contribution is 5.80. The minimum atomic E-state index is -0.286. The molecule has 0 spiro atoms. The Morgan fingerprint density at radius 1 is 1.15 bits per heavy atom. The lowest BCUT2D eigenvalue weighted by Crippen LogP contribution is -2.33. The van der Waals surface area contributed by atoms with E-state index in [1.807, 2.05) is 0 Å². The number of hydrogen-bond acceptors (Lipinski definition) is 5. The van der Waals surface area contributed by atoms with Gasteiger partial charge in [-0.25, -0.2) is 9.50 Å². The van der Waals surface area contributed by atoms with Crippen molar-refractivity contribution >= 4 is 22.5 Å². The first-order valence-corrected chi connectivity index (χ1v) is 8.48. The van der Waals surface area contributed by atoms with Crippen LogP contribution in [0.15, 0.2) is 59.8 Å². The number of aromatic nitrogens is 4. The van der Waals surface area contributed by atoms with Crippen molar-refractivity contribution in [3.8, 4) is 5.75 Å². The van der Waals surface area contributed by atoms with Gasteiger partial charge < -0.3 is 15.0 Å². The molecule has 4 aromatic rings. The zero-order valence-electron chi connectivity index (χ0n) is 14.4. The van der Waals surface area contributed by atoms with Gasteiger partial charge in [0.05, 0.1) is 17.1 Å². The molecule has 8 heteroatoms. The molecule has 0 bridgehead atoms. The van der Waals surface area contributed by atoms with E-state index in [1.54, 1.807) is 53.3 Å². The Hall–Kier alpha value is -3.68. The molecule has 0 radical (unpaired) electrons. The lowest BCUT2D eigenvalue weighted by Gasteiger charge is -2.09. The van der Waals surface area contributed by atoms with Gasteiger partial charge in [0.2, 0.25) is 5.91 Å². The molecule has 3 heterocycles. The SMILES string of the molecule is O=C(Cn1ccc2c(cnc3ccnn32)c1=O)NCCc1ccc(O)cc1. The summed E-state index contributed by atoms with van der Waals surface area (Å²) in [5.41, 5.74) is 2.03. The third-order valence-electron chi connectivity index (χ3n) is 4.34. The molecule has 1 aromatic carbocycles. The first-order chi connectivity index (χ1) is 13.1. The summed E-state index contributed by atoms with van der Waals surface area (Å²) in [7, 11) is 0. The molecule has 0 saturated heterocycles. The zero-order chi connectivity index (χ0) is 18.8. The maximum atomic E-state index is 12.6. The Balaban J connectivity index is 1.45. The molecular formula is C19H17N5O3. The van der Waals surface area contributed by atoms with E-state index in [2.05, 4.69) is 15.4 Å². The van der Waals surface area contributed by atoms with Crippen molar-refractivity contribution in [1.82, 2.24) is 24.5 Å². The Morgan fingerprint density at radius 2 is 1.96 bits per heavy atom. The van der Waals surface area contributed by atoms with Crippen LogP contribution >= 0.6 is 0 Å². The lowest BCUT2D eigenvalue weighted by atomic mass is 10.1. The minimum Gasteiger partial charge on any atom is -0.508 e. The standard InChI is InChI=1S/C19H17N5O3/c25-14-3-1-13(2-4-14)5-8-20-18(26)12-23-10-7-16-15(19(23)27)11-21-17-6-9-22-24(16)17/h1-4,6-7,9-11,25H,5,8,12H2,(H,20,26). The predicted molar refractivity (Wildman–Crippen MR) is 99.6 cm³/mol. The van der Waals surface area contributed by atoms with Crippen LogP contribution in [0.4, 0.5) is 0 Å². The molecule has 1 amide bonds. The number of nitrogens with zero attached hydrogens (tertiary/aromatic N) is 4. The first kappa shape index (κ1) is 16.8. The molecule has 0 aliphatic heterocycles. The average molecular weight is 363 g/mol. The van der Waals surface area contributed by atoms with Crippen LogP contribution in [0, 0.1) is 0 Å². The Bertz CT molecular complexity index is 1180. The summed E-state index contributed by atoms with van der Waals surface area (Å²) in [6.07, 6.45) is 5.36. The number of phenolic OH excluding ortho intramolecular Hbond substituents is 1. The van der Waals surface area contributed by atoms with Gasteiger partial charge in [-0.15, -0.1) is 0 Å². The summed E-state index contributed by atoms with van der Waals surface area (Å²) in [5.74, 6) is -0.0382. The maximum Gasteiger partial charge on any atom is 0.262 e. The van der Waals surface area contributed by atoms with Crippen LogP contribution in [0.3, 0.4) is 0 Å². The predicted octanol–water partition coefficient (Wildman–Crippen LogP) is 1.11. The molecular weight excluding hydrogens is 346 g/mol. The van der Waals surface area contributed by atoms with Crippen LogP contribution in [-0.2, 0) is 17.8 Å². The van der Waals surface area contributed by atoms with Gasteiger partial charge in [-0.2, -0.15) is 5.10 Å². The molecule has 27 heavy (non-hydrogen) atoms. The van der Waals surface area contributed by atoms with Crippen molar-refractivity contribution in [1.29, 1.82) is 0 Å². The fourth-order valence-electron chi connectivity index (χ4n) is 2.94. The van der Waals surface area contributed by atoms with Gasteiger partial charge in [-0.3, -0.25) is 9.59 Å². The summed E-state index contributed by atoms with van der Waals surface area (Å²) in [6, 6.07) is 10.3. The average Bonchev–Trinajstić information content (AvgIpc) is 3.15. The lowest BCUT2D eigenvalue weighted by molar-refractivity contribution is -0.121. The molecule has 0 unspecified atom stereocenters. The van der Waals surface area contributed by atoms with Crippen molar-refractivity contribution in [3.05, 3.63) is 70.9 Å². The molecule has 8 nitrogen and oxygen atoms in total. The number of carbonyl (C=O) groups excluding carboxylic acids is 1. The summed E-state index contributed by atoms with van der Waals surface area (Å²) in [5, 5.41) is 16.6. The molecule has 0 saturated carbocycles. The summed E-state index contributed by atoms with van der Waals surface area (Å²) >= 11 is 0. The van der Waals surface area contributed by atoms with Crippen LogP contribution in [0.2, 0.25) is 0 Å². The highest BCUT2D eigenvalue weighted by Crippen LogP contribution is 2.11. The number of aromatic hydroxyl groups is 1. The number of phenols is 1. The Labute approximate surface area is 153 Å². The third-order valence-corrected chi connectivity index (χ3v) is 4.34. The zero-order valence-corrected chi connectivity index (χ0v) is 14.4. The van der Waals surface area contributed by atoms with Crippen LogP contribution in [0.5, 0.6) is 5.75 Å².